The zero-order valence-electron chi connectivity index (χ0n) is 16.6. The summed E-state index contributed by atoms with van der Waals surface area (Å²) in [7, 11) is 0. The van der Waals surface area contributed by atoms with Gasteiger partial charge in [-0.05, 0) is 30.7 Å². The van der Waals surface area contributed by atoms with Gasteiger partial charge in [-0.15, -0.1) is 11.3 Å². The SMILES string of the molecule is O=C(NCCc1cccs1)Oc1c(NCC(=O)c2ccccc2)nc2n1CCCC2. The molecule has 3 aromatic rings. The van der Waals surface area contributed by atoms with Gasteiger partial charge in [0.05, 0.1) is 6.54 Å². The highest BCUT2D eigenvalue weighted by Crippen LogP contribution is 2.30. The molecule has 0 spiro atoms. The Morgan fingerprint density at radius 3 is 2.80 bits per heavy atom. The molecule has 1 aromatic carbocycles. The molecule has 1 aliphatic rings. The number of aryl methyl sites for hydroxylation is 1. The van der Waals surface area contributed by atoms with E-state index < -0.39 is 6.09 Å². The predicted octanol–water partition coefficient (Wildman–Crippen LogP) is 3.91. The number of rotatable bonds is 8. The van der Waals surface area contributed by atoms with Crippen LogP contribution in [0.4, 0.5) is 10.6 Å². The quantitative estimate of drug-likeness (QED) is 0.536. The number of fused-ring (bicyclic) bond motifs is 1. The third-order valence-electron chi connectivity index (χ3n) is 4.95. The number of amides is 1. The molecule has 0 bridgehead atoms. The van der Waals surface area contributed by atoms with Crippen molar-refractivity contribution in [3.05, 3.63) is 64.1 Å². The molecular weight excluding hydrogens is 400 g/mol. The highest BCUT2D eigenvalue weighted by molar-refractivity contribution is 7.09. The fourth-order valence-corrected chi connectivity index (χ4v) is 4.14. The number of aromatic nitrogens is 2. The number of hydrogen-bond donors (Lipinski definition) is 2. The smallest absolute Gasteiger partial charge is 0.389 e. The molecule has 0 atom stereocenters. The molecule has 1 aliphatic heterocycles. The second-order valence-electron chi connectivity index (χ2n) is 7.08. The Balaban J connectivity index is 1.41. The average molecular weight is 425 g/mol. The van der Waals surface area contributed by atoms with Crippen LogP contribution in [0.1, 0.15) is 33.9 Å². The summed E-state index contributed by atoms with van der Waals surface area (Å²) in [5.74, 6) is 1.63. The molecule has 0 saturated carbocycles. The maximum absolute atomic E-state index is 12.4. The number of ether oxygens (including phenoxy) is 1. The first-order chi connectivity index (χ1) is 14.7. The fraction of sp³-hybridized carbons (Fsp3) is 0.318. The molecule has 0 radical (unpaired) electrons. The first-order valence-electron chi connectivity index (χ1n) is 10.1. The van der Waals surface area contributed by atoms with Crippen molar-refractivity contribution >= 4 is 29.0 Å². The van der Waals surface area contributed by atoms with Gasteiger partial charge in [-0.25, -0.2) is 9.78 Å². The van der Waals surface area contributed by atoms with Crippen LogP contribution in [-0.4, -0.2) is 34.5 Å². The molecule has 156 valence electrons. The number of imidazole rings is 1. The summed E-state index contributed by atoms with van der Waals surface area (Å²) in [6, 6.07) is 13.1. The Morgan fingerprint density at radius 2 is 2.00 bits per heavy atom. The van der Waals surface area contributed by atoms with Crippen molar-refractivity contribution in [2.75, 3.05) is 18.4 Å². The number of hydrogen-bond acceptors (Lipinski definition) is 6. The summed E-state index contributed by atoms with van der Waals surface area (Å²) in [5, 5.41) is 7.88. The molecule has 2 aromatic heterocycles. The second-order valence-corrected chi connectivity index (χ2v) is 8.11. The van der Waals surface area contributed by atoms with Gasteiger partial charge in [-0.1, -0.05) is 36.4 Å². The van der Waals surface area contributed by atoms with Crippen molar-refractivity contribution in [2.45, 2.75) is 32.2 Å². The molecule has 2 N–H and O–H groups in total. The summed E-state index contributed by atoms with van der Waals surface area (Å²) in [5.41, 5.74) is 0.628. The molecule has 3 heterocycles. The van der Waals surface area contributed by atoms with Crippen LogP contribution in [0.2, 0.25) is 0 Å². The molecule has 4 rings (SSSR count). The Labute approximate surface area is 179 Å². The number of benzene rings is 1. The second kappa shape index (κ2) is 9.58. The van der Waals surface area contributed by atoms with E-state index in [1.54, 1.807) is 23.5 Å². The van der Waals surface area contributed by atoms with Crippen LogP contribution in [0.3, 0.4) is 0 Å². The van der Waals surface area contributed by atoms with Crippen LogP contribution in [0, 0.1) is 0 Å². The number of nitrogens with zero attached hydrogens (tertiary/aromatic N) is 2. The van der Waals surface area contributed by atoms with E-state index in [1.165, 1.54) is 4.88 Å². The van der Waals surface area contributed by atoms with E-state index in [9.17, 15) is 9.59 Å². The van der Waals surface area contributed by atoms with Gasteiger partial charge < -0.3 is 15.4 Å². The van der Waals surface area contributed by atoms with E-state index >= 15 is 0 Å². The van der Waals surface area contributed by atoms with E-state index in [0.717, 1.165) is 38.1 Å². The molecule has 0 saturated heterocycles. The molecule has 30 heavy (non-hydrogen) atoms. The molecule has 1 amide bonds. The van der Waals surface area contributed by atoms with Gasteiger partial charge in [0, 0.05) is 30.0 Å². The lowest BCUT2D eigenvalue weighted by Gasteiger charge is -2.16. The van der Waals surface area contributed by atoms with Crippen molar-refractivity contribution in [1.82, 2.24) is 14.9 Å². The van der Waals surface area contributed by atoms with Crippen molar-refractivity contribution in [1.29, 1.82) is 0 Å². The van der Waals surface area contributed by atoms with Crippen LogP contribution in [0.25, 0.3) is 0 Å². The van der Waals surface area contributed by atoms with Gasteiger partial charge in [0.25, 0.3) is 0 Å². The normalized spacial score (nSPS) is 12.8. The minimum atomic E-state index is -0.516. The highest BCUT2D eigenvalue weighted by Gasteiger charge is 2.23. The van der Waals surface area contributed by atoms with E-state index in [1.807, 2.05) is 40.3 Å². The first kappa shape index (κ1) is 20.2. The largest absolute Gasteiger partial charge is 0.414 e. The summed E-state index contributed by atoms with van der Waals surface area (Å²) >= 11 is 1.66. The molecular formula is C22H24N4O3S. The summed E-state index contributed by atoms with van der Waals surface area (Å²) < 4.78 is 7.55. The van der Waals surface area contributed by atoms with Gasteiger partial charge in [-0.3, -0.25) is 9.36 Å². The van der Waals surface area contributed by atoms with E-state index in [2.05, 4.69) is 15.6 Å². The Kier molecular flexibility index (Phi) is 6.44. The van der Waals surface area contributed by atoms with Crippen molar-refractivity contribution in [3.63, 3.8) is 0 Å². The van der Waals surface area contributed by atoms with Gasteiger partial charge in [0.15, 0.2) is 11.6 Å². The van der Waals surface area contributed by atoms with E-state index in [4.69, 9.17) is 4.74 Å². The first-order valence-corrected chi connectivity index (χ1v) is 11.0. The van der Waals surface area contributed by atoms with Gasteiger partial charge in [0.2, 0.25) is 5.88 Å². The van der Waals surface area contributed by atoms with Crippen LogP contribution in [0.15, 0.2) is 47.8 Å². The number of anilines is 1. The maximum Gasteiger partial charge on any atom is 0.414 e. The third-order valence-corrected chi connectivity index (χ3v) is 5.89. The zero-order chi connectivity index (χ0) is 20.8. The van der Waals surface area contributed by atoms with Gasteiger partial charge in [-0.2, -0.15) is 0 Å². The summed E-state index contributed by atoms with van der Waals surface area (Å²) in [6.07, 6.45) is 3.12. The number of ketones is 1. The number of Topliss-reactive ketones (excluding diaryl/α,β-unsaturated/α-hetero) is 1. The van der Waals surface area contributed by atoms with Gasteiger partial charge in [0.1, 0.15) is 5.82 Å². The molecule has 8 heteroatoms. The predicted molar refractivity (Wildman–Crippen MR) is 116 cm³/mol. The van der Waals surface area contributed by atoms with Crippen molar-refractivity contribution in [2.24, 2.45) is 0 Å². The van der Waals surface area contributed by atoms with Crippen LogP contribution in [0.5, 0.6) is 5.88 Å². The average Bonchev–Trinajstić information content (AvgIpc) is 3.41. The Hall–Kier alpha value is -3.13. The maximum atomic E-state index is 12.4. The number of thiophene rings is 1. The summed E-state index contributed by atoms with van der Waals surface area (Å²) in [6.45, 7) is 1.32. The molecule has 0 aliphatic carbocycles. The third kappa shape index (κ3) is 4.88. The van der Waals surface area contributed by atoms with Gasteiger partial charge >= 0.3 is 6.09 Å². The summed E-state index contributed by atoms with van der Waals surface area (Å²) in [4.78, 5) is 30.6. The number of nitrogens with one attached hydrogen (secondary N) is 2. The lowest BCUT2D eigenvalue weighted by Crippen LogP contribution is -2.30. The lowest BCUT2D eigenvalue weighted by atomic mass is 10.1. The Morgan fingerprint density at radius 1 is 1.13 bits per heavy atom. The standard InChI is InChI=1S/C22H24N4O3S/c27-18(16-7-2-1-3-8-16)15-24-20-21(26-13-5-4-10-19(26)25-20)29-22(28)23-12-11-17-9-6-14-30-17/h1-3,6-9,14,24H,4-5,10-13,15H2,(H,23,28). The van der Waals surface area contributed by atoms with E-state index in [-0.39, 0.29) is 12.3 Å². The fourth-order valence-electron chi connectivity index (χ4n) is 3.43. The zero-order valence-corrected chi connectivity index (χ0v) is 17.4. The number of carbonyl (C=O) groups excluding carboxylic acids is 2. The monoisotopic (exact) mass is 424 g/mol. The van der Waals surface area contributed by atoms with Crippen LogP contribution in [-0.2, 0) is 19.4 Å². The van der Waals surface area contributed by atoms with Crippen molar-refractivity contribution < 1.29 is 14.3 Å². The van der Waals surface area contributed by atoms with Crippen LogP contribution < -0.4 is 15.4 Å². The molecule has 7 nitrogen and oxygen atoms in total. The Bertz CT molecular complexity index is 999. The topological polar surface area (TPSA) is 85.2 Å². The van der Waals surface area contributed by atoms with Crippen LogP contribution >= 0.6 is 11.3 Å². The van der Waals surface area contributed by atoms with E-state index in [0.29, 0.717) is 23.8 Å². The van der Waals surface area contributed by atoms with Crippen molar-refractivity contribution in [3.8, 4) is 5.88 Å². The minimum absolute atomic E-state index is 0.0482. The molecule has 0 unspecified atom stereocenters. The minimum Gasteiger partial charge on any atom is -0.389 e. The molecule has 0 fully saturated rings. The highest BCUT2D eigenvalue weighted by atomic mass is 32.1. The number of carbonyl (C=O) groups is 2. The lowest BCUT2D eigenvalue weighted by molar-refractivity contribution is 0.101.